The molecule has 1 fully saturated rings. The smallest absolute Gasteiger partial charge is 0.260 e. The van der Waals surface area contributed by atoms with E-state index < -0.39 is 0 Å². The molecule has 3 aromatic rings. The molecule has 1 aromatic carbocycles. The SMILES string of the molecule is CO[C@@H]1CN(c2ccnc(N(C)C)n2)C[C@@H]1Nc1nc2ccccc2c(=O)[nH]1. The predicted molar refractivity (Wildman–Crippen MR) is 109 cm³/mol. The summed E-state index contributed by atoms with van der Waals surface area (Å²) in [7, 11) is 5.50. The lowest BCUT2D eigenvalue weighted by molar-refractivity contribution is 0.112. The largest absolute Gasteiger partial charge is 0.377 e. The fraction of sp³-hybridized carbons (Fsp3) is 0.368. The number of rotatable bonds is 5. The van der Waals surface area contributed by atoms with E-state index in [1.807, 2.05) is 43.3 Å². The molecule has 28 heavy (non-hydrogen) atoms. The Morgan fingerprint density at radius 2 is 2.04 bits per heavy atom. The lowest BCUT2D eigenvalue weighted by Gasteiger charge is -2.19. The molecule has 0 spiro atoms. The molecular weight excluding hydrogens is 358 g/mol. The van der Waals surface area contributed by atoms with Gasteiger partial charge in [0.05, 0.1) is 23.0 Å². The molecular formula is C19H23N7O2. The van der Waals surface area contributed by atoms with Crippen LogP contribution >= 0.6 is 0 Å². The van der Waals surface area contributed by atoms with E-state index in [1.54, 1.807) is 19.4 Å². The number of hydrogen-bond acceptors (Lipinski definition) is 8. The van der Waals surface area contributed by atoms with Crippen molar-refractivity contribution in [2.24, 2.45) is 0 Å². The number of para-hydroxylation sites is 1. The highest BCUT2D eigenvalue weighted by molar-refractivity contribution is 5.78. The van der Waals surface area contributed by atoms with E-state index in [0.29, 0.717) is 35.9 Å². The van der Waals surface area contributed by atoms with Gasteiger partial charge in [-0.2, -0.15) is 4.98 Å². The van der Waals surface area contributed by atoms with Crippen molar-refractivity contribution in [2.75, 3.05) is 49.4 Å². The standard InChI is InChI=1S/C19H23N7O2/c1-25(2)19-20-9-8-16(23-19)26-10-14(15(11-26)28-3)22-18-21-13-7-5-4-6-12(13)17(27)24-18/h4-9,14-15H,10-11H2,1-3H3,(H2,21,22,24,27)/t14-,15+/m0/s1. The van der Waals surface area contributed by atoms with Gasteiger partial charge in [-0.05, 0) is 18.2 Å². The van der Waals surface area contributed by atoms with Crippen LogP contribution in [0.4, 0.5) is 17.7 Å². The highest BCUT2D eigenvalue weighted by Crippen LogP contribution is 2.23. The number of nitrogens with one attached hydrogen (secondary N) is 2. The molecule has 1 aliphatic heterocycles. The third kappa shape index (κ3) is 3.48. The fourth-order valence-corrected chi connectivity index (χ4v) is 3.40. The monoisotopic (exact) mass is 381 g/mol. The molecule has 9 heteroatoms. The number of aromatic nitrogens is 4. The van der Waals surface area contributed by atoms with Gasteiger partial charge >= 0.3 is 0 Å². The highest BCUT2D eigenvalue weighted by atomic mass is 16.5. The number of ether oxygens (including phenoxy) is 1. The Balaban J connectivity index is 1.57. The molecule has 0 bridgehead atoms. The molecule has 4 rings (SSSR count). The van der Waals surface area contributed by atoms with E-state index in [4.69, 9.17) is 4.74 Å². The zero-order chi connectivity index (χ0) is 19.7. The van der Waals surface area contributed by atoms with Crippen molar-refractivity contribution in [1.29, 1.82) is 0 Å². The van der Waals surface area contributed by atoms with E-state index in [9.17, 15) is 4.79 Å². The molecule has 0 unspecified atom stereocenters. The van der Waals surface area contributed by atoms with Crippen LogP contribution in [0.5, 0.6) is 0 Å². The predicted octanol–water partition coefficient (Wildman–Crippen LogP) is 1.09. The average molecular weight is 381 g/mol. The van der Waals surface area contributed by atoms with E-state index >= 15 is 0 Å². The number of nitrogens with zero attached hydrogens (tertiary/aromatic N) is 5. The molecule has 9 nitrogen and oxygen atoms in total. The summed E-state index contributed by atoms with van der Waals surface area (Å²) in [4.78, 5) is 32.5. The van der Waals surface area contributed by atoms with Crippen LogP contribution in [0.3, 0.4) is 0 Å². The molecule has 0 radical (unpaired) electrons. The minimum Gasteiger partial charge on any atom is -0.377 e. The minimum absolute atomic E-state index is 0.0490. The molecule has 2 N–H and O–H groups in total. The van der Waals surface area contributed by atoms with E-state index in [-0.39, 0.29) is 17.7 Å². The lowest BCUT2D eigenvalue weighted by atomic mass is 10.2. The van der Waals surface area contributed by atoms with Gasteiger partial charge in [0.25, 0.3) is 5.56 Å². The second kappa shape index (κ2) is 7.43. The second-order valence-electron chi connectivity index (χ2n) is 6.97. The number of hydrogen-bond donors (Lipinski definition) is 2. The van der Waals surface area contributed by atoms with Gasteiger partial charge in [0.2, 0.25) is 11.9 Å². The number of benzene rings is 1. The summed E-state index contributed by atoms with van der Waals surface area (Å²) in [6.45, 7) is 1.34. The van der Waals surface area contributed by atoms with Gasteiger partial charge < -0.3 is 19.9 Å². The zero-order valence-electron chi connectivity index (χ0n) is 16.1. The molecule has 3 heterocycles. The molecule has 2 atom stereocenters. The van der Waals surface area contributed by atoms with Crippen LogP contribution in [0.1, 0.15) is 0 Å². The van der Waals surface area contributed by atoms with Gasteiger partial charge in [0, 0.05) is 40.5 Å². The van der Waals surface area contributed by atoms with Crippen molar-refractivity contribution in [2.45, 2.75) is 12.1 Å². The van der Waals surface area contributed by atoms with Crippen LogP contribution in [-0.4, -0.2) is 66.4 Å². The Labute approximate surface area is 162 Å². The summed E-state index contributed by atoms with van der Waals surface area (Å²) in [5, 5.41) is 3.90. The topological polar surface area (TPSA) is 99.3 Å². The van der Waals surface area contributed by atoms with Crippen molar-refractivity contribution in [3.8, 4) is 0 Å². The van der Waals surface area contributed by atoms with E-state index in [1.165, 1.54) is 0 Å². The minimum atomic E-state index is -0.164. The molecule has 0 saturated carbocycles. The Morgan fingerprint density at radius 1 is 1.21 bits per heavy atom. The maximum absolute atomic E-state index is 12.3. The van der Waals surface area contributed by atoms with E-state index in [2.05, 4.69) is 30.2 Å². The quantitative estimate of drug-likeness (QED) is 0.678. The highest BCUT2D eigenvalue weighted by Gasteiger charge is 2.34. The van der Waals surface area contributed by atoms with Gasteiger partial charge in [0.1, 0.15) is 5.82 Å². The molecule has 0 aliphatic carbocycles. The molecule has 146 valence electrons. The van der Waals surface area contributed by atoms with Crippen LogP contribution in [-0.2, 0) is 4.74 Å². The van der Waals surface area contributed by atoms with E-state index in [0.717, 1.165) is 5.82 Å². The lowest BCUT2D eigenvalue weighted by Crippen LogP contribution is -2.35. The number of anilines is 3. The third-order valence-corrected chi connectivity index (χ3v) is 4.86. The van der Waals surface area contributed by atoms with Crippen LogP contribution < -0.4 is 20.7 Å². The summed E-state index contributed by atoms with van der Waals surface area (Å²) in [6.07, 6.45) is 1.68. The molecule has 0 amide bonds. The van der Waals surface area contributed by atoms with Crippen molar-refractivity contribution in [3.63, 3.8) is 0 Å². The van der Waals surface area contributed by atoms with Crippen LogP contribution in [0.25, 0.3) is 10.9 Å². The fourth-order valence-electron chi connectivity index (χ4n) is 3.40. The van der Waals surface area contributed by atoms with Crippen molar-refractivity contribution >= 4 is 28.6 Å². The number of aromatic amines is 1. The Hall–Kier alpha value is -3.20. The zero-order valence-corrected chi connectivity index (χ0v) is 16.1. The molecule has 2 aromatic heterocycles. The Morgan fingerprint density at radius 3 is 2.82 bits per heavy atom. The van der Waals surface area contributed by atoms with Gasteiger partial charge in [-0.25, -0.2) is 9.97 Å². The first-order chi connectivity index (χ1) is 13.5. The number of fused-ring (bicyclic) bond motifs is 1. The summed E-state index contributed by atoms with van der Waals surface area (Å²) in [5.74, 6) is 1.93. The Bertz CT molecular complexity index is 1040. The normalized spacial score (nSPS) is 19.2. The first kappa shape index (κ1) is 18.2. The molecule has 1 aliphatic rings. The first-order valence-corrected chi connectivity index (χ1v) is 9.09. The summed E-state index contributed by atoms with van der Waals surface area (Å²) >= 11 is 0. The maximum Gasteiger partial charge on any atom is 0.260 e. The van der Waals surface area contributed by atoms with Crippen molar-refractivity contribution < 1.29 is 4.74 Å². The van der Waals surface area contributed by atoms with Gasteiger partial charge in [-0.1, -0.05) is 12.1 Å². The number of methoxy groups -OCH3 is 1. The van der Waals surface area contributed by atoms with Gasteiger partial charge in [-0.3, -0.25) is 9.78 Å². The average Bonchev–Trinajstić information content (AvgIpc) is 3.11. The third-order valence-electron chi connectivity index (χ3n) is 4.86. The summed E-state index contributed by atoms with van der Waals surface area (Å²) < 4.78 is 5.67. The summed E-state index contributed by atoms with van der Waals surface area (Å²) in [5.41, 5.74) is 0.493. The summed E-state index contributed by atoms with van der Waals surface area (Å²) in [6, 6.07) is 9.12. The van der Waals surface area contributed by atoms with Crippen molar-refractivity contribution in [3.05, 3.63) is 46.9 Å². The van der Waals surface area contributed by atoms with Crippen LogP contribution in [0.15, 0.2) is 41.3 Å². The van der Waals surface area contributed by atoms with Crippen molar-refractivity contribution in [1.82, 2.24) is 19.9 Å². The maximum atomic E-state index is 12.3. The second-order valence-corrected chi connectivity index (χ2v) is 6.97. The van der Waals surface area contributed by atoms with Crippen LogP contribution in [0, 0.1) is 0 Å². The van der Waals surface area contributed by atoms with Crippen LogP contribution in [0.2, 0.25) is 0 Å². The number of H-pyrrole nitrogens is 1. The van der Waals surface area contributed by atoms with Gasteiger partial charge in [-0.15, -0.1) is 0 Å². The Kier molecular flexibility index (Phi) is 4.82. The first-order valence-electron chi connectivity index (χ1n) is 9.09. The van der Waals surface area contributed by atoms with Gasteiger partial charge in [0.15, 0.2) is 0 Å². The molecule has 1 saturated heterocycles.